The molecule has 1 fully saturated rings. The lowest BCUT2D eigenvalue weighted by molar-refractivity contribution is -0.143. The first-order valence-electron chi connectivity index (χ1n) is 5.67. The van der Waals surface area contributed by atoms with Crippen molar-refractivity contribution in [3.05, 3.63) is 12.2 Å². The molecule has 4 amide bonds. The van der Waals surface area contributed by atoms with Crippen molar-refractivity contribution in [1.29, 1.82) is 0 Å². The van der Waals surface area contributed by atoms with Crippen LogP contribution < -0.4 is 10.6 Å². The van der Waals surface area contributed by atoms with E-state index in [4.69, 9.17) is 0 Å². The zero-order valence-electron chi connectivity index (χ0n) is 10.5. The molecule has 1 aliphatic rings. The summed E-state index contributed by atoms with van der Waals surface area (Å²) in [6.07, 6.45) is 3.40. The van der Waals surface area contributed by atoms with E-state index in [0.717, 1.165) is 0 Å². The van der Waals surface area contributed by atoms with E-state index >= 15 is 0 Å². The van der Waals surface area contributed by atoms with Gasteiger partial charge in [0.1, 0.15) is 5.41 Å². The highest BCUT2D eigenvalue weighted by Gasteiger charge is 2.50. The third-order valence-electron chi connectivity index (χ3n) is 2.86. The van der Waals surface area contributed by atoms with Crippen LogP contribution >= 0.6 is 0 Å². The smallest absolute Gasteiger partial charge is 0.277 e. The molecule has 1 saturated heterocycles. The Morgan fingerprint density at radius 1 is 1.00 bits per heavy atom. The number of allylic oxidation sites excluding steroid dienone is 1. The maximum Gasteiger partial charge on any atom is 0.328 e. The predicted molar refractivity (Wildman–Crippen MR) is 62.9 cm³/mol. The largest absolute Gasteiger partial charge is 0.328 e. The topological polar surface area (TPSA) is 75.3 Å². The molecule has 0 bridgehead atoms. The van der Waals surface area contributed by atoms with E-state index in [9.17, 15) is 14.4 Å². The lowest BCUT2D eigenvalue weighted by Gasteiger charge is -2.34. The van der Waals surface area contributed by atoms with Gasteiger partial charge in [-0.2, -0.15) is 0 Å². The fraction of sp³-hybridized carbons (Fsp3) is 0.583. The molecule has 1 heterocycles. The molecule has 0 unspecified atom stereocenters. The molecule has 0 radical (unpaired) electrons. The Labute approximate surface area is 101 Å². The third kappa shape index (κ3) is 2.38. The van der Waals surface area contributed by atoms with E-state index in [1.165, 1.54) is 0 Å². The van der Waals surface area contributed by atoms with Gasteiger partial charge in [0.2, 0.25) is 11.8 Å². The Morgan fingerprint density at radius 3 is 1.82 bits per heavy atom. The number of imide groups is 2. The van der Waals surface area contributed by atoms with Gasteiger partial charge in [-0.25, -0.2) is 4.79 Å². The van der Waals surface area contributed by atoms with E-state index in [0.29, 0.717) is 0 Å². The maximum absolute atomic E-state index is 11.9. The number of amides is 4. The Kier molecular flexibility index (Phi) is 3.70. The van der Waals surface area contributed by atoms with Crippen molar-refractivity contribution >= 4 is 17.8 Å². The molecule has 1 aliphatic heterocycles. The zero-order chi connectivity index (χ0) is 13.2. The molecule has 0 aromatic rings. The lowest BCUT2D eigenvalue weighted by atomic mass is 9.73. The Morgan fingerprint density at radius 2 is 1.47 bits per heavy atom. The maximum atomic E-state index is 11.9. The van der Waals surface area contributed by atoms with Crippen molar-refractivity contribution in [3.8, 4) is 0 Å². The van der Waals surface area contributed by atoms with E-state index in [-0.39, 0.29) is 11.8 Å². The monoisotopic (exact) mass is 238 g/mol. The van der Waals surface area contributed by atoms with Crippen molar-refractivity contribution in [2.24, 2.45) is 17.3 Å². The van der Waals surface area contributed by atoms with Crippen molar-refractivity contribution < 1.29 is 14.4 Å². The summed E-state index contributed by atoms with van der Waals surface area (Å²) in [7, 11) is 0. The number of rotatable bonds is 3. The SMILES string of the molecule is CC(C)/C=C\C1(C(C)C)C(=O)NC(=O)NC1=O. The molecule has 0 atom stereocenters. The molecule has 0 aliphatic carbocycles. The number of carbonyl (C=O) groups is 3. The molecular weight excluding hydrogens is 220 g/mol. The molecule has 94 valence electrons. The van der Waals surface area contributed by atoms with Gasteiger partial charge < -0.3 is 0 Å². The summed E-state index contributed by atoms with van der Waals surface area (Å²) < 4.78 is 0. The standard InChI is InChI=1S/C12H18N2O3/c1-7(2)5-6-12(8(3)4)9(15)13-11(17)14-10(12)16/h5-8H,1-4H3,(H2,13,14,15,16,17)/b6-5-. The van der Waals surface area contributed by atoms with Gasteiger partial charge in [0.05, 0.1) is 0 Å². The first kappa shape index (κ1) is 13.4. The number of hydrogen-bond donors (Lipinski definition) is 2. The summed E-state index contributed by atoms with van der Waals surface area (Å²) in [6.45, 7) is 7.46. The second-order valence-electron chi connectivity index (χ2n) is 4.86. The average Bonchev–Trinajstić information content (AvgIpc) is 2.15. The van der Waals surface area contributed by atoms with E-state index in [1.54, 1.807) is 26.0 Å². The van der Waals surface area contributed by atoms with Crippen molar-refractivity contribution in [1.82, 2.24) is 10.6 Å². The molecular formula is C12H18N2O3. The normalized spacial score (nSPS) is 20.0. The van der Waals surface area contributed by atoms with Crippen molar-refractivity contribution in [2.45, 2.75) is 27.7 Å². The van der Waals surface area contributed by atoms with Gasteiger partial charge in [0.25, 0.3) is 0 Å². The van der Waals surface area contributed by atoms with Crippen LogP contribution in [0.3, 0.4) is 0 Å². The second kappa shape index (κ2) is 4.69. The summed E-state index contributed by atoms with van der Waals surface area (Å²) in [6, 6.07) is -0.755. The Balaban J connectivity index is 3.18. The summed E-state index contributed by atoms with van der Waals surface area (Å²) >= 11 is 0. The molecule has 0 aromatic heterocycles. The fourth-order valence-corrected chi connectivity index (χ4v) is 1.76. The average molecular weight is 238 g/mol. The first-order valence-corrected chi connectivity index (χ1v) is 5.67. The lowest BCUT2D eigenvalue weighted by Crippen LogP contribution is -2.63. The third-order valence-corrected chi connectivity index (χ3v) is 2.86. The van der Waals surface area contributed by atoms with Crippen molar-refractivity contribution in [2.75, 3.05) is 0 Å². The summed E-state index contributed by atoms with van der Waals surface area (Å²) in [5.74, 6) is -1.12. The molecule has 5 nitrogen and oxygen atoms in total. The highest BCUT2D eigenvalue weighted by Crippen LogP contribution is 2.32. The molecule has 17 heavy (non-hydrogen) atoms. The molecule has 5 heteroatoms. The minimum Gasteiger partial charge on any atom is -0.277 e. The van der Waals surface area contributed by atoms with Crippen LogP contribution in [0, 0.1) is 17.3 Å². The van der Waals surface area contributed by atoms with Gasteiger partial charge in [-0.3, -0.25) is 20.2 Å². The number of carbonyl (C=O) groups excluding carboxylic acids is 3. The van der Waals surface area contributed by atoms with Gasteiger partial charge in [0.15, 0.2) is 0 Å². The summed E-state index contributed by atoms with van der Waals surface area (Å²) in [5.41, 5.74) is -1.29. The van der Waals surface area contributed by atoms with Gasteiger partial charge >= 0.3 is 6.03 Å². The number of urea groups is 1. The van der Waals surface area contributed by atoms with Crippen LogP contribution in [0.5, 0.6) is 0 Å². The number of nitrogens with one attached hydrogen (secondary N) is 2. The minimum atomic E-state index is -1.29. The second-order valence-corrected chi connectivity index (χ2v) is 4.86. The van der Waals surface area contributed by atoms with Crippen LogP contribution in [0.1, 0.15) is 27.7 Å². The highest BCUT2D eigenvalue weighted by molar-refractivity contribution is 6.20. The first-order chi connectivity index (χ1) is 7.80. The molecule has 0 saturated carbocycles. The molecule has 1 rings (SSSR count). The van der Waals surface area contributed by atoms with Crippen LogP contribution in [-0.4, -0.2) is 17.8 Å². The van der Waals surface area contributed by atoms with Crippen LogP contribution in [0.2, 0.25) is 0 Å². The van der Waals surface area contributed by atoms with Crippen LogP contribution in [-0.2, 0) is 9.59 Å². The Hall–Kier alpha value is -1.65. The Bertz CT molecular complexity index is 363. The molecule has 2 N–H and O–H groups in total. The van der Waals surface area contributed by atoms with Crippen LogP contribution in [0.15, 0.2) is 12.2 Å². The summed E-state index contributed by atoms with van der Waals surface area (Å²) in [4.78, 5) is 34.9. The summed E-state index contributed by atoms with van der Waals surface area (Å²) in [5, 5.41) is 4.29. The van der Waals surface area contributed by atoms with Gasteiger partial charge in [-0.05, 0) is 11.8 Å². The van der Waals surface area contributed by atoms with E-state index < -0.39 is 23.3 Å². The quantitative estimate of drug-likeness (QED) is 0.573. The minimum absolute atomic E-state index is 0.226. The number of barbiturate groups is 1. The van der Waals surface area contributed by atoms with Crippen LogP contribution in [0.25, 0.3) is 0 Å². The zero-order valence-corrected chi connectivity index (χ0v) is 10.5. The molecule has 0 spiro atoms. The van der Waals surface area contributed by atoms with E-state index in [2.05, 4.69) is 10.6 Å². The van der Waals surface area contributed by atoms with E-state index in [1.807, 2.05) is 13.8 Å². The number of hydrogen-bond acceptors (Lipinski definition) is 3. The van der Waals surface area contributed by atoms with Gasteiger partial charge in [-0.1, -0.05) is 39.8 Å². The van der Waals surface area contributed by atoms with Gasteiger partial charge in [0, 0.05) is 0 Å². The van der Waals surface area contributed by atoms with Crippen molar-refractivity contribution in [3.63, 3.8) is 0 Å². The fourth-order valence-electron chi connectivity index (χ4n) is 1.76. The predicted octanol–water partition coefficient (Wildman–Crippen LogP) is 1.21. The van der Waals surface area contributed by atoms with Gasteiger partial charge in [-0.15, -0.1) is 0 Å². The van der Waals surface area contributed by atoms with Crippen LogP contribution in [0.4, 0.5) is 4.79 Å². The molecule has 0 aromatic carbocycles. The highest BCUT2D eigenvalue weighted by atomic mass is 16.2.